The summed E-state index contributed by atoms with van der Waals surface area (Å²) in [6.45, 7) is 0. The first-order valence-electron chi connectivity index (χ1n) is 4.70. The molecule has 1 aliphatic carbocycles. The molecule has 0 spiro atoms. The molecule has 0 bridgehead atoms. The van der Waals surface area contributed by atoms with E-state index in [0.717, 1.165) is 29.5 Å². The molecule has 0 radical (unpaired) electrons. The van der Waals surface area contributed by atoms with Gasteiger partial charge in [-0.3, -0.25) is 4.79 Å². The van der Waals surface area contributed by atoms with Crippen LogP contribution in [0.25, 0.3) is 0 Å². The summed E-state index contributed by atoms with van der Waals surface area (Å²) < 4.78 is 1.16. The summed E-state index contributed by atoms with van der Waals surface area (Å²) in [5, 5.41) is 0. The smallest absolute Gasteiger partial charge is 0.155 e. The lowest BCUT2D eigenvalue weighted by atomic mass is 9.96. The number of ketones is 1. The molecule has 0 unspecified atom stereocenters. The maximum Gasteiger partial charge on any atom is 0.155 e. The minimum atomic E-state index is 0.293. The summed E-state index contributed by atoms with van der Waals surface area (Å²) in [6.07, 6.45) is 5.62. The van der Waals surface area contributed by atoms with Gasteiger partial charge in [0.1, 0.15) is 0 Å². The Morgan fingerprint density at radius 1 is 1.36 bits per heavy atom. The SMILES string of the molecule is O=C1C=C(Cc2ccc(Br)s2)CCC1. The average molecular weight is 271 g/mol. The van der Waals surface area contributed by atoms with E-state index in [1.165, 1.54) is 10.5 Å². The van der Waals surface area contributed by atoms with Gasteiger partial charge < -0.3 is 0 Å². The molecule has 1 nitrogen and oxygen atoms in total. The van der Waals surface area contributed by atoms with Crippen LogP contribution in [0.2, 0.25) is 0 Å². The monoisotopic (exact) mass is 270 g/mol. The van der Waals surface area contributed by atoms with Crippen LogP contribution in [-0.2, 0) is 11.2 Å². The number of carbonyl (C=O) groups is 1. The lowest BCUT2D eigenvalue weighted by Crippen LogP contribution is -2.03. The third-order valence-electron chi connectivity index (χ3n) is 2.32. The average Bonchev–Trinajstić information content (AvgIpc) is 2.51. The van der Waals surface area contributed by atoms with Crippen LogP contribution in [0, 0.1) is 0 Å². The van der Waals surface area contributed by atoms with Crippen molar-refractivity contribution in [2.75, 3.05) is 0 Å². The highest BCUT2D eigenvalue weighted by atomic mass is 79.9. The second kappa shape index (κ2) is 4.41. The standard InChI is InChI=1S/C11H11BrOS/c12-11-5-4-10(14-11)7-8-2-1-3-9(13)6-8/h4-6H,1-3,7H2. The van der Waals surface area contributed by atoms with Crippen molar-refractivity contribution < 1.29 is 4.79 Å². The van der Waals surface area contributed by atoms with E-state index < -0.39 is 0 Å². The molecule has 0 N–H and O–H groups in total. The van der Waals surface area contributed by atoms with Gasteiger partial charge in [0.25, 0.3) is 0 Å². The Bertz CT molecular complexity index is 378. The summed E-state index contributed by atoms with van der Waals surface area (Å²) in [5.41, 5.74) is 1.29. The Labute approximate surface area is 96.0 Å². The fourth-order valence-corrected chi connectivity index (χ4v) is 3.21. The molecule has 3 heteroatoms. The molecule has 0 saturated carbocycles. The molecular weight excluding hydrogens is 260 g/mol. The molecule has 0 aliphatic heterocycles. The van der Waals surface area contributed by atoms with Crippen LogP contribution >= 0.6 is 27.3 Å². The van der Waals surface area contributed by atoms with E-state index in [2.05, 4.69) is 28.1 Å². The number of halogens is 1. The van der Waals surface area contributed by atoms with Crippen LogP contribution in [0.3, 0.4) is 0 Å². The minimum Gasteiger partial charge on any atom is -0.295 e. The molecule has 0 aromatic carbocycles. The van der Waals surface area contributed by atoms with Gasteiger partial charge >= 0.3 is 0 Å². The zero-order valence-corrected chi connectivity index (χ0v) is 10.2. The van der Waals surface area contributed by atoms with Gasteiger partial charge in [0.2, 0.25) is 0 Å². The van der Waals surface area contributed by atoms with Crippen molar-refractivity contribution in [2.24, 2.45) is 0 Å². The molecule has 14 heavy (non-hydrogen) atoms. The van der Waals surface area contributed by atoms with Crippen LogP contribution in [0.1, 0.15) is 24.1 Å². The van der Waals surface area contributed by atoms with E-state index in [-0.39, 0.29) is 0 Å². The maximum absolute atomic E-state index is 11.2. The van der Waals surface area contributed by atoms with Gasteiger partial charge in [-0.25, -0.2) is 0 Å². The highest BCUT2D eigenvalue weighted by Gasteiger charge is 2.10. The minimum absolute atomic E-state index is 0.293. The Balaban J connectivity index is 2.07. The Hall–Kier alpha value is -0.410. The van der Waals surface area contributed by atoms with Crippen molar-refractivity contribution in [1.29, 1.82) is 0 Å². The zero-order valence-electron chi connectivity index (χ0n) is 7.75. The lowest BCUT2D eigenvalue weighted by Gasteiger charge is -2.10. The molecule has 0 fully saturated rings. The van der Waals surface area contributed by atoms with Gasteiger partial charge in [-0.15, -0.1) is 11.3 Å². The van der Waals surface area contributed by atoms with Crippen molar-refractivity contribution in [2.45, 2.75) is 25.7 Å². The summed E-state index contributed by atoms with van der Waals surface area (Å²) in [5.74, 6) is 0.293. The topological polar surface area (TPSA) is 17.1 Å². The summed E-state index contributed by atoms with van der Waals surface area (Å²) in [4.78, 5) is 12.5. The summed E-state index contributed by atoms with van der Waals surface area (Å²) in [7, 11) is 0. The molecule has 74 valence electrons. The molecule has 0 amide bonds. The Morgan fingerprint density at radius 2 is 2.21 bits per heavy atom. The third kappa shape index (κ3) is 2.55. The molecule has 1 aromatic heterocycles. The first kappa shape index (κ1) is 10.1. The highest BCUT2D eigenvalue weighted by molar-refractivity contribution is 9.11. The number of thiophene rings is 1. The fraction of sp³-hybridized carbons (Fsp3) is 0.364. The van der Waals surface area contributed by atoms with Crippen LogP contribution in [-0.4, -0.2) is 5.78 Å². The normalized spacial score (nSPS) is 16.9. The van der Waals surface area contributed by atoms with Crippen LogP contribution in [0.5, 0.6) is 0 Å². The predicted octanol–water partition coefficient (Wildman–Crippen LogP) is 3.73. The largest absolute Gasteiger partial charge is 0.295 e. The number of hydrogen-bond acceptors (Lipinski definition) is 2. The van der Waals surface area contributed by atoms with Gasteiger partial charge in [0.05, 0.1) is 3.79 Å². The van der Waals surface area contributed by atoms with E-state index in [4.69, 9.17) is 0 Å². The summed E-state index contributed by atoms with van der Waals surface area (Å²) >= 11 is 5.19. The van der Waals surface area contributed by atoms with Gasteiger partial charge in [0.15, 0.2) is 5.78 Å². The molecule has 1 aromatic rings. The second-order valence-corrected chi connectivity index (χ2v) is 6.05. The van der Waals surface area contributed by atoms with Crippen molar-refractivity contribution in [3.63, 3.8) is 0 Å². The maximum atomic E-state index is 11.2. The molecule has 1 heterocycles. The lowest BCUT2D eigenvalue weighted by molar-refractivity contribution is -0.115. The molecule has 0 saturated heterocycles. The number of hydrogen-bond donors (Lipinski definition) is 0. The summed E-state index contributed by atoms with van der Waals surface area (Å²) in [6, 6.07) is 4.18. The molecule has 2 rings (SSSR count). The van der Waals surface area contributed by atoms with Crippen molar-refractivity contribution in [3.8, 4) is 0 Å². The number of rotatable bonds is 2. The Kier molecular flexibility index (Phi) is 3.19. The molecular formula is C11H11BrOS. The van der Waals surface area contributed by atoms with Crippen LogP contribution < -0.4 is 0 Å². The van der Waals surface area contributed by atoms with Crippen LogP contribution in [0.15, 0.2) is 27.6 Å². The Morgan fingerprint density at radius 3 is 2.86 bits per heavy atom. The first-order chi connectivity index (χ1) is 6.74. The van der Waals surface area contributed by atoms with Gasteiger partial charge in [-0.2, -0.15) is 0 Å². The number of allylic oxidation sites excluding steroid dienone is 2. The quantitative estimate of drug-likeness (QED) is 0.801. The van der Waals surface area contributed by atoms with E-state index >= 15 is 0 Å². The van der Waals surface area contributed by atoms with Crippen molar-refractivity contribution in [3.05, 3.63) is 32.4 Å². The van der Waals surface area contributed by atoms with E-state index in [0.29, 0.717) is 5.78 Å². The van der Waals surface area contributed by atoms with Crippen molar-refractivity contribution in [1.82, 2.24) is 0 Å². The molecule has 0 atom stereocenters. The molecule has 1 aliphatic rings. The van der Waals surface area contributed by atoms with Gasteiger partial charge in [-0.05, 0) is 47.0 Å². The van der Waals surface area contributed by atoms with Crippen LogP contribution in [0.4, 0.5) is 0 Å². The van der Waals surface area contributed by atoms with E-state index in [1.54, 1.807) is 11.3 Å². The first-order valence-corrected chi connectivity index (χ1v) is 6.31. The van der Waals surface area contributed by atoms with Crippen molar-refractivity contribution >= 4 is 33.0 Å². The fourth-order valence-electron chi connectivity index (χ4n) is 1.67. The highest BCUT2D eigenvalue weighted by Crippen LogP contribution is 2.26. The van der Waals surface area contributed by atoms with Gasteiger partial charge in [-0.1, -0.05) is 5.57 Å². The van der Waals surface area contributed by atoms with E-state index in [1.807, 2.05) is 6.08 Å². The second-order valence-electron chi connectivity index (χ2n) is 3.51. The zero-order chi connectivity index (χ0) is 9.97. The van der Waals surface area contributed by atoms with E-state index in [9.17, 15) is 4.79 Å². The van der Waals surface area contributed by atoms with Gasteiger partial charge in [0, 0.05) is 17.7 Å². The third-order valence-corrected chi connectivity index (χ3v) is 3.94. The number of carbonyl (C=O) groups excluding carboxylic acids is 1. The predicted molar refractivity (Wildman–Crippen MR) is 62.7 cm³/mol.